The van der Waals surface area contributed by atoms with E-state index in [9.17, 15) is 14.7 Å². The third-order valence-electron chi connectivity index (χ3n) is 4.58. The van der Waals surface area contributed by atoms with Crippen LogP contribution in [0, 0.1) is 0 Å². The summed E-state index contributed by atoms with van der Waals surface area (Å²) in [5.74, 6) is -0.341. The van der Waals surface area contributed by atoms with Gasteiger partial charge in [0.15, 0.2) is 5.69 Å². The fraction of sp³-hybridized carbons (Fsp3) is 0.500. The number of hydrogen-bond donors (Lipinski definition) is 2. The molecular weight excluding hydrogens is 306 g/mol. The molecule has 0 radical (unpaired) electrons. The Morgan fingerprint density at radius 1 is 1.25 bits per heavy atom. The molecular formula is C18H23N3O3. The highest BCUT2D eigenvalue weighted by Gasteiger charge is 2.26. The van der Waals surface area contributed by atoms with Crippen LogP contribution in [0.5, 0.6) is 0 Å². The second-order valence-electron chi connectivity index (χ2n) is 6.67. The Bertz CT molecular complexity index is 813. The van der Waals surface area contributed by atoms with Crippen molar-refractivity contribution in [3.05, 3.63) is 40.3 Å². The third-order valence-corrected chi connectivity index (χ3v) is 4.58. The molecule has 1 aromatic heterocycles. The van der Waals surface area contributed by atoms with Crippen LogP contribution in [0.3, 0.4) is 0 Å². The van der Waals surface area contributed by atoms with Crippen LogP contribution >= 0.6 is 0 Å². The number of aromatic nitrogens is 2. The molecule has 6 heteroatoms. The van der Waals surface area contributed by atoms with Gasteiger partial charge in [0.05, 0.1) is 23.6 Å². The summed E-state index contributed by atoms with van der Waals surface area (Å²) in [5, 5.41) is 18.3. The van der Waals surface area contributed by atoms with Crippen molar-refractivity contribution < 1.29 is 9.90 Å². The molecule has 2 N–H and O–H groups in total. The predicted octanol–water partition coefficient (Wildman–Crippen LogP) is 2.01. The quantitative estimate of drug-likeness (QED) is 0.902. The van der Waals surface area contributed by atoms with Crippen LogP contribution in [0.1, 0.15) is 56.1 Å². The Morgan fingerprint density at radius 3 is 2.58 bits per heavy atom. The Labute approximate surface area is 140 Å². The van der Waals surface area contributed by atoms with Gasteiger partial charge >= 0.3 is 0 Å². The average Bonchev–Trinajstić information content (AvgIpc) is 2.57. The van der Waals surface area contributed by atoms with Gasteiger partial charge in [0, 0.05) is 5.39 Å². The number of nitrogens with zero attached hydrogens (tertiary/aromatic N) is 2. The number of rotatable bonds is 3. The fourth-order valence-corrected chi connectivity index (χ4v) is 3.24. The van der Waals surface area contributed by atoms with Gasteiger partial charge in [-0.25, -0.2) is 4.68 Å². The average molecular weight is 329 g/mol. The van der Waals surface area contributed by atoms with Crippen molar-refractivity contribution >= 4 is 16.7 Å². The van der Waals surface area contributed by atoms with E-state index in [0.717, 1.165) is 19.3 Å². The first kappa shape index (κ1) is 16.6. The molecule has 1 aliphatic rings. The van der Waals surface area contributed by atoms with E-state index in [-0.39, 0.29) is 29.2 Å². The molecule has 1 saturated carbocycles. The van der Waals surface area contributed by atoms with Crippen molar-refractivity contribution in [2.45, 2.75) is 57.7 Å². The van der Waals surface area contributed by atoms with Crippen LogP contribution in [0.25, 0.3) is 10.8 Å². The highest BCUT2D eigenvalue weighted by Crippen LogP contribution is 2.20. The maximum Gasteiger partial charge on any atom is 0.274 e. The highest BCUT2D eigenvalue weighted by molar-refractivity contribution is 6.04. The number of carbonyl (C=O) groups is 1. The maximum absolute atomic E-state index is 12.8. The number of aliphatic hydroxyl groups excluding tert-OH is 1. The van der Waals surface area contributed by atoms with Crippen LogP contribution in [-0.4, -0.2) is 32.9 Å². The summed E-state index contributed by atoms with van der Waals surface area (Å²) in [5.41, 5.74) is 0.0338. The van der Waals surface area contributed by atoms with Crippen molar-refractivity contribution in [3.63, 3.8) is 0 Å². The molecule has 6 nitrogen and oxygen atoms in total. The SMILES string of the molecule is CC(C)n1nc(C(=O)N[C@@H]2CCCC[C@H]2O)c2ccccc2c1=O. The fourth-order valence-electron chi connectivity index (χ4n) is 3.24. The van der Waals surface area contributed by atoms with Crippen LogP contribution in [-0.2, 0) is 0 Å². The van der Waals surface area contributed by atoms with Gasteiger partial charge in [0.2, 0.25) is 0 Å². The summed E-state index contributed by atoms with van der Waals surface area (Å²) in [4.78, 5) is 25.3. The van der Waals surface area contributed by atoms with Crippen molar-refractivity contribution in [2.24, 2.45) is 0 Å². The summed E-state index contributed by atoms with van der Waals surface area (Å²) < 4.78 is 1.34. The minimum atomic E-state index is -0.523. The molecule has 1 aromatic carbocycles. The van der Waals surface area contributed by atoms with Gasteiger partial charge in [-0.05, 0) is 32.8 Å². The molecule has 1 amide bonds. The smallest absolute Gasteiger partial charge is 0.274 e. The highest BCUT2D eigenvalue weighted by atomic mass is 16.3. The Morgan fingerprint density at radius 2 is 1.92 bits per heavy atom. The van der Waals surface area contributed by atoms with E-state index in [1.54, 1.807) is 24.3 Å². The zero-order valence-electron chi connectivity index (χ0n) is 14.0. The van der Waals surface area contributed by atoms with Gasteiger partial charge in [0.1, 0.15) is 0 Å². The van der Waals surface area contributed by atoms with E-state index in [0.29, 0.717) is 17.2 Å². The second kappa shape index (κ2) is 6.73. The van der Waals surface area contributed by atoms with Crippen LogP contribution in [0.4, 0.5) is 0 Å². The van der Waals surface area contributed by atoms with E-state index >= 15 is 0 Å². The summed E-state index contributed by atoms with van der Waals surface area (Å²) in [6, 6.07) is 6.61. The molecule has 1 heterocycles. The lowest BCUT2D eigenvalue weighted by molar-refractivity contribution is 0.0713. The van der Waals surface area contributed by atoms with Crippen molar-refractivity contribution in [1.82, 2.24) is 15.1 Å². The van der Waals surface area contributed by atoms with Crippen molar-refractivity contribution in [3.8, 4) is 0 Å². The number of amides is 1. The van der Waals surface area contributed by atoms with Gasteiger partial charge in [-0.2, -0.15) is 5.10 Å². The maximum atomic E-state index is 12.8. The lowest BCUT2D eigenvalue weighted by atomic mass is 9.92. The summed E-state index contributed by atoms with van der Waals surface area (Å²) in [6.45, 7) is 3.71. The van der Waals surface area contributed by atoms with Crippen molar-refractivity contribution in [1.29, 1.82) is 0 Å². The van der Waals surface area contributed by atoms with Gasteiger partial charge in [-0.3, -0.25) is 9.59 Å². The number of carbonyl (C=O) groups excluding carboxylic acids is 1. The number of nitrogens with one attached hydrogen (secondary N) is 1. The predicted molar refractivity (Wildman–Crippen MR) is 92.1 cm³/mol. The zero-order valence-corrected chi connectivity index (χ0v) is 14.0. The molecule has 1 aliphatic carbocycles. The molecule has 2 atom stereocenters. The molecule has 0 spiro atoms. The molecule has 1 fully saturated rings. The first-order chi connectivity index (χ1) is 11.5. The monoisotopic (exact) mass is 329 g/mol. The summed E-state index contributed by atoms with van der Waals surface area (Å²) >= 11 is 0. The first-order valence-corrected chi connectivity index (χ1v) is 8.49. The third kappa shape index (κ3) is 3.06. The van der Waals surface area contributed by atoms with Gasteiger partial charge in [0.25, 0.3) is 11.5 Å². The van der Waals surface area contributed by atoms with E-state index in [2.05, 4.69) is 10.4 Å². The molecule has 24 heavy (non-hydrogen) atoms. The minimum absolute atomic E-state index is 0.145. The molecule has 3 rings (SSSR count). The topological polar surface area (TPSA) is 84.2 Å². The second-order valence-corrected chi connectivity index (χ2v) is 6.67. The van der Waals surface area contributed by atoms with Crippen LogP contribution < -0.4 is 10.9 Å². The minimum Gasteiger partial charge on any atom is -0.391 e. The molecule has 0 aliphatic heterocycles. The Hall–Kier alpha value is -2.21. The summed E-state index contributed by atoms with van der Waals surface area (Å²) in [6.07, 6.45) is 2.90. The largest absolute Gasteiger partial charge is 0.391 e. The summed E-state index contributed by atoms with van der Waals surface area (Å²) in [7, 11) is 0. The molecule has 2 aromatic rings. The molecule has 0 unspecified atom stereocenters. The standard InChI is InChI=1S/C18H23N3O3/c1-11(2)21-18(24)13-8-4-3-7-12(13)16(20-21)17(23)19-14-9-5-6-10-15(14)22/h3-4,7-8,11,14-15,22H,5-6,9-10H2,1-2H3,(H,19,23)/t14-,15-/m1/s1. The number of hydrogen-bond acceptors (Lipinski definition) is 4. The van der Waals surface area contributed by atoms with Gasteiger partial charge in [-0.1, -0.05) is 31.0 Å². The van der Waals surface area contributed by atoms with E-state index in [1.165, 1.54) is 4.68 Å². The number of benzene rings is 1. The van der Waals surface area contributed by atoms with E-state index in [1.807, 2.05) is 13.8 Å². The first-order valence-electron chi connectivity index (χ1n) is 8.49. The lowest BCUT2D eigenvalue weighted by Gasteiger charge is -2.28. The van der Waals surface area contributed by atoms with E-state index in [4.69, 9.17) is 0 Å². The molecule has 0 saturated heterocycles. The zero-order chi connectivity index (χ0) is 17.3. The van der Waals surface area contributed by atoms with E-state index < -0.39 is 6.10 Å². The Balaban J connectivity index is 2.03. The number of aliphatic hydroxyl groups is 1. The van der Waals surface area contributed by atoms with Crippen molar-refractivity contribution in [2.75, 3.05) is 0 Å². The number of fused-ring (bicyclic) bond motifs is 1. The molecule has 128 valence electrons. The van der Waals surface area contributed by atoms with Gasteiger partial charge < -0.3 is 10.4 Å². The van der Waals surface area contributed by atoms with Crippen LogP contribution in [0.2, 0.25) is 0 Å². The van der Waals surface area contributed by atoms with Gasteiger partial charge in [-0.15, -0.1) is 0 Å². The lowest BCUT2D eigenvalue weighted by Crippen LogP contribution is -2.45. The van der Waals surface area contributed by atoms with Crippen LogP contribution in [0.15, 0.2) is 29.1 Å². The molecule has 0 bridgehead atoms. The normalized spacial score (nSPS) is 21.2. The Kier molecular flexibility index (Phi) is 4.66.